The fraction of sp³-hybridized carbons (Fsp3) is 0.167. The number of methoxy groups -OCH3 is 1. The fourth-order valence-electron chi connectivity index (χ4n) is 3.28. The molecule has 1 aromatic heterocycles. The molecule has 0 unspecified atom stereocenters. The maximum Gasteiger partial charge on any atom is 0.283 e. The predicted octanol–water partition coefficient (Wildman–Crippen LogP) is 3.62. The number of hydrogen-bond acceptors (Lipinski definition) is 7. The van der Waals surface area contributed by atoms with E-state index in [9.17, 15) is 13.2 Å². The van der Waals surface area contributed by atoms with Crippen molar-refractivity contribution in [2.45, 2.75) is 11.8 Å². The van der Waals surface area contributed by atoms with Crippen molar-refractivity contribution in [3.63, 3.8) is 0 Å². The Morgan fingerprint density at radius 1 is 0.941 bits per heavy atom. The van der Waals surface area contributed by atoms with Gasteiger partial charge in [-0.15, -0.1) is 9.19 Å². The van der Waals surface area contributed by atoms with Gasteiger partial charge in [0.2, 0.25) is 12.3 Å². The van der Waals surface area contributed by atoms with Gasteiger partial charge in [-0.2, -0.15) is 8.42 Å². The van der Waals surface area contributed by atoms with Gasteiger partial charge in [-0.1, -0.05) is 17.7 Å². The number of ether oxygens (including phenoxy) is 3. The lowest BCUT2D eigenvalue weighted by atomic mass is 10.2. The lowest BCUT2D eigenvalue weighted by molar-refractivity contribution is -0.105. The van der Waals surface area contributed by atoms with E-state index in [1.807, 2.05) is 6.92 Å². The zero-order valence-electron chi connectivity index (χ0n) is 18.6. The molecule has 9 nitrogen and oxygen atoms in total. The highest BCUT2D eigenvalue weighted by molar-refractivity contribution is 7.90. The third kappa shape index (κ3) is 4.81. The summed E-state index contributed by atoms with van der Waals surface area (Å²) in [5, 5.41) is 7.31. The molecular formula is C24H23N3O6S. The summed E-state index contributed by atoms with van der Waals surface area (Å²) in [4.78, 5) is 10.6. The number of rotatable bonds is 10. The van der Waals surface area contributed by atoms with Crippen LogP contribution in [0.3, 0.4) is 0 Å². The van der Waals surface area contributed by atoms with Crippen LogP contribution in [-0.4, -0.2) is 44.3 Å². The van der Waals surface area contributed by atoms with E-state index in [0.29, 0.717) is 34.5 Å². The number of carbonyl (C=O) groups is 1. The molecule has 4 rings (SSSR count). The van der Waals surface area contributed by atoms with E-state index in [1.165, 1.54) is 7.11 Å². The third-order valence-electron chi connectivity index (χ3n) is 5.04. The molecule has 34 heavy (non-hydrogen) atoms. The van der Waals surface area contributed by atoms with Gasteiger partial charge in [0.1, 0.15) is 24.7 Å². The molecule has 1 N–H and O–H groups in total. The number of nitrogens with zero attached hydrogens (tertiary/aromatic N) is 2. The van der Waals surface area contributed by atoms with Gasteiger partial charge >= 0.3 is 0 Å². The molecule has 0 atom stereocenters. The normalized spacial score (nSPS) is 11.2. The zero-order chi connectivity index (χ0) is 24.1. The maximum absolute atomic E-state index is 13.3. The number of hydrogen-bond donors (Lipinski definition) is 1. The lowest BCUT2D eigenvalue weighted by Gasteiger charge is -2.08. The second kappa shape index (κ2) is 9.84. The highest BCUT2D eigenvalue weighted by Gasteiger charge is 2.24. The molecule has 4 aromatic rings. The molecule has 1 heterocycles. The van der Waals surface area contributed by atoms with Crippen molar-refractivity contribution in [2.75, 3.05) is 25.6 Å². The first-order valence-corrected chi connectivity index (χ1v) is 11.8. The van der Waals surface area contributed by atoms with Crippen molar-refractivity contribution in [3.05, 3.63) is 72.3 Å². The molecule has 0 saturated carbocycles. The van der Waals surface area contributed by atoms with Gasteiger partial charge in [0, 0.05) is 5.69 Å². The van der Waals surface area contributed by atoms with E-state index in [0.717, 1.165) is 9.65 Å². The van der Waals surface area contributed by atoms with E-state index in [-0.39, 0.29) is 24.0 Å². The van der Waals surface area contributed by atoms with Crippen molar-refractivity contribution < 1.29 is 27.4 Å². The van der Waals surface area contributed by atoms with Crippen molar-refractivity contribution >= 4 is 33.0 Å². The standard InChI is InChI=1S/C24H23N3O6S/c1-17-3-10-21(11-4-17)34(29,30)27-23-12-9-20(31-2)15-22(23)24(26-27)33-14-13-32-19-7-5-18(6-8-19)25-16-28/h3-12,15-16H,13-14H2,1-2H3,(H,25,28). The lowest BCUT2D eigenvalue weighted by Crippen LogP contribution is -2.15. The van der Waals surface area contributed by atoms with Crippen LogP contribution in [0.1, 0.15) is 5.56 Å². The molecule has 0 aliphatic carbocycles. The number of amides is 1. The summed E-state index contributed by atoms with van der Waals surface area (Å²) in [6.07, 6.45) is 0.598. The summed E-state index contributed by atoms with van der Waals surface area (Å²) in [7, 11) is -2.41. The summed E-state index contributed by atoms with van der Waals surface area (Å²) in [6.45, 7) is 2.21. The molecule has 0 spiro atoms. The molecule has 0 aliphatic heterocycles. The number of nitrogens with one attached hydrogen (secondary N) is 1. The van der Waals surface area contributed by atoms with E-state index in [2.05, 4.69) is 10.4 Å². The number of aromatic nitrogens is 2. The minimum absolute atomic E-state index is 0.126. The monoisotopic (exact) mass is 481 g/mol. The van der Waals surface area contributed by atoms with E-state index in [4.69, 9.17) is 14.2 Å². The molecule has 0 fully saturated rings. The van der Waals surface area contributed by atoms with Crippen LogP contribution in [0.15, 0.2) is 71.6 Å². The summed E-state index contributed by atoms with van der Waals surface area (Å²) in [6, 6.07) is 18.4. The summed E-state index contributed by atoms with van der Waals surface area (Å²) < 4.78 is 44.3. The number of aryl methyl sites for hydroxylation is 1. The SMILES string of the molecule is COc1ccc2c(c1)c(OCCOc1ccc(NC=O)cc1)nn2S(=O)(=O)c1ccc(C)cc1. The molecule has 0 bridgehead atoms. The third-order valence-corrected chi connectivity index (χ3v) is 6.64. The quantitative estimate of drug-likeness (QED) is 0.272. The molecular weight excluding hydrogens is 458 g/mol. The van der Waals surface area contributed by atoms with Gasteiger partial charge in [-0.05, 0) is 61.5 Å². The van der Waals surface area contributed by atoms with Crippen LogP contribution in [0.5, 0.6) is 17.4 Å². The summed E-state index contributed by atoms with van der Waals surface area (Å²) in [5.41, 5.74) is 1.97. The Balaban J connectivity index is 1.56. The van der Waals surface area contributed by atoms with E-state index >= 15 is 0 Å². The molecule has 0 aliphatic rings. The van der Waals surface area contributed by atoms with Crippen LogP contribution in [0, 0.1) is 6.92 Å². The number of fused-ring (bicyclic) bond motifs is 1. The summed E-state index contributed by atoms with van der Waals surface area (Å²) >= 11 is 0. The second-order valence-corrected chi connectivity index (χ2v) is 9.10. The Morgan fingerprint density at radius 3 is 2.29 bits per heavy atom. The van der Waals surface area contributed by atoms with Crippen molar-refractivity contribution in [2.24, 2.45) is 0 Å². The van der Waals surface area contributed by atoms with E-state index < -0.39 is 10.0 Å². The molecule has 176 valence electrons. The van der Waals surface area contributed by atoms with Crippen LogP contribution in [0.2, 0.25) is 0 Å². The van der Waals surface area contributed by atoms with Gasteiger partial charge in [0.05, 0.1) is 22.9 Å². The number of carbonyl (C=O) groups excluding carboxylic acids is 1. The van der Waals surface area contributed by atoms with Gasteiger partial charge in [-0.25, -0.2) is 0 Å². The van der Waals surface area contributed by atoms with Crippen LogP contribution >= 0.6 is 0 Å². The minimum atomic E-state index is -3.94. The average Bonchev–Trinajstić information content (AvgIpc) is 3.22. The van der Waals surface area contributed by atoms with Gasteiger partial charge in [-0.3, -0.25) is 4.79 Å². The molecule has 0 radical (unpaired) electrons. The molecule has 10 heteroatoms. The largest absolute Gasteiger partial charge is 0.497 e. The highest BCUT2D eigenvalue weighted by Crippen LogP contribution is 2.31. The minimum Gasteiger partial charge on any atom is -0.497 e. The van der Waals surface area contributed by atoms with E-state index in [1.54, 1.807) is 66.7 Å². The van der Waals surface area contributed by atoms with Crippen molar-refractivity contribution in [1.82, 2.24) is 9.19 Å². The Hall–Kier alpha value is -4.05. The zero-order valence-corrected chi connectivity index (χ0v) is 19.4. The highest BCUT2D eigenvalue weighted by atomic mass is 32.2. The summed E-state index contributed by atoms with van der Waals surface area (Å²) in [5.74, 6) is 1.29. The maximum atomic E-state index is 13.3. The smallest absolute Gasteiger partial charge is 0.283 e. The molecule has 0 saturated heterocycles. The first-order valence-electron chi connectivity index (χ1n) is 10.4. The Bertz CT molecular complexity index is 1400. The Kier molecular flexibility index (Phi) is 6.69. The number of anilines is 1. The van der Waals surface area contributed by atoms with Crippen LogP contribution in [-0.2, 0) is 14.8 Å². The van der Waals surface area contributed by atoms with Crippen molar-refractivity contribution in [3.8, 4) is 17.4 Å². The first-order chi connectivity index (χ1) is 16.4. The fourth-order valence-corrected chi connectivity index (χ4v) is 4.56. The topological polar surface area (TPSA) is 109 Å². The van der Waals surface area contributed by atoms with Gasteiger partial charge in [0.15, 0.2) is 0 Å². The molecule has 3 aromatic carbocycles. The second-order valence-electron chi connectivity index (χ2n) is 7.33. The Morgan fingerprint density at radius 2 is 1.62 bits per heavy atom. The average molecular weight is 482 g/mol. The van der Waals surface area contributed by atoms with Crippen LogP contribution in [0.4, 0.5) is 5.69 Å². The first kappa shape index (κ1) is 23.1. The van der Waals surface area contributed by atoms with Crippen LogP contribution in [0.25, 0.3) is 10.9 Å². The van der Waals surface area contributed by atoms with Crippen molar-refractivity contribution in [1.29, 1.82) is 0 Å². The van der Waals surface area contributed by atoms with Gasteiger partial charge < -0.3 is 19.5 Å². The van der Waals surface area contributed by atoms with Gasteiger partial charge in [0.25, 0.3) is 10.0 Å². The predicted molar refractivity (Wildman–Crippen MR) is 127 cm³/mol. The van der Waals surface area contributed by atoms with Crippen LogP contribution < -0.4 is 19.5 Å². The molecule has 1 amide bonds. The Labute approximate surface area is 196 Å². The number of benzene rings is 3.